The van der Waals surface area contributed by atoms with Gasteiger partial charge >= 0.3 is 0 Å². The molecule has 0 unspecified atom stereocenters. The van der Waals surface area contributed by atoms with Crippen molar-refractivity contribution < 1.29 is 14.7 Å². The maximum atomic E-state index is 12.1. The molecule has 2 aromatic carbocycles. The van der Waals surface area contributed by atoms with Crippen LogP contribution in [0.5, 0.6) is 0 Å². The Hall–Kier alpha value is -3.56. The number of aromatic amines is 1. The minimum Gasteiger partial charge on any atom is -0.396 e. The summed E-state index contributed by atoms with van der Waals surface area (Å²) in [5.41, 5.74) is 9.44. The molecule has 160 valence electrons. The van der Waals surface area contributed by atoms with Crippen LogP contribution >= 0.6 is 0 Å². The number of primary amides is 1. The number of nitrogens with two attached hydrogens (primary N) is 1. The summed E-state index contributed by atoms with van der Waals surface area (Å²) >= 11 is 0. The Morgan fingerprint density at radius 2 is 2.00 bits per heavy atom. The zero-order valence-electron chi connectivity index (χ0n) is 17.6. The third-order valence-electron chi connectivity index (χ3n) is 5.35. The number of hydrogen-bond donors (Lipinski definition) is 4. The molecule has 6 nitrogen and oxygen atoms in total. The van der Waals surface area contributed by atoms with Gasteiger partial charge in [0.15, 0.2) is 0 Å². The fourth-order valence-electron chi connectivity index (χ4n) is 3.77. The van der Waals surface area contributed by atoms with E-state index in [4.69, 9.17) is 5.73 Å². The molecule has 0 saturated carbocycles. The third-order valence-corrected chi connectivity index (χ3v) is 5.35. The second-order valence-corrected chi connectivity index (χ2v) is 7.40. The van der Waals surface area contributed by atoms with Gasteiger partial charge in [0.2, 0.25) is 11.8 Å². The van der Waals surface area contributed by atoms with E-state index in [9.17, 15) is 14.7 Å². The van der Waals surface area contributed by atoms with Gasteiger partial charge < -0.3 is 21.1 Å². The van der Waals surface area contributed by atoms with E-state index in [1.54, 1.807) is 19.2 Å². The maximum absolute atomic E-state index is 12.1. The standard InChI is InChI=1S/C25H27N3O3/c1-27-23(30)13-4-2-3-8-17-9-7-11-21(25(26)31)24(17)19(16-29)14-18-15-28-22-12-6-5-10-20(18)22/h5-7,9-12,15,19,28-29H,2,4,13-14,16H2,1H3,(H2,26,31)(H,27,30)/t19-/m0/s1. The zero-order valence-corrected chi connectivity index (χ0v) is 17.6. The number of nitrogens with one attached hydrogen (secondary N) is 2. The molecule has 31 heavy (non-hydrogen) atoms. The van der Waals surface area contributed by atoms with E-state index < -0.39 is 5.91 Å². The fraction of sp³-hybridized carbons (Fsp3) is 0.280. The van der Waals surface area contributed by atoms with Gasteiger partial charge in [0, 0.05) is 54.0 Å². The second-order valence-electron chi connectivity index (χ2n) is 7.40. The lowest BCUT2D eigenvalue weighted by molar-refractivity contribution is -0.120. The number of fused-ring (bicyclic) bond motifs is 1. The first-order valence-electron chi connectivity index (χ1n) is 10.3. The Balaban J connectivity index is 1.91. The molecule has 3 aromatic rings. The van der Waals surface area contributed by atoms with Gasteiger partial charge in [-0.15, -0.1) is 0 Å². The number of carbonyl (C=O) groups is 2. The van der Waals surface area contributed by atoms with Gasteiger partial charge in [0.25, 0.3) is 0 Å². The van der Waals surface area contributed by atoms with Gasteiger partial charge in [-0.25, -0.2) is 0 Å². The second kappa shape index (κ2) is 10.5. The van der Waals surface area contributed by atoms with E-state index in [2.05, 4.69) is 22.1 Å². The Labute approximate surface area is 181 Å². The largest absolute Gasteiger partial charge is 0.396 e. The van der Waals surface area contributed by atoms with Crippen LogP contribution < -0.4 is 11.1 Å². The number of aliphatic hydroxyl groups is 1. The predicted octanol–water partition coefficient (Wildman–Crippen LogP) is 2.85. The van der Waals surface area contributed by atoms with Crippen LogP contribution in [-0.4, -0.2) is 35.6 Å². The summed E-state index contributed by atoms with van der Waals surface area (Å²) in [6.45, 7) is -0.144. The molecule has 1 atom stereocenters. The minimum atomic E-state index is -0.546. The Morgan fingerprint density at radius 3 is 2.74 bits per heavy atom. The molecule has 0 bridgehead atoms. The van der Waals surface area contributed by atoms with Crippen LogP contribution in [0.2, 0.25) is 0 Å². The van der Waals surface area contributed by atoms with Crippen LogP contribution in [0.15, 0.2) is 48.7 Å². The monoisotopic (exact) mass is 417 g/mol. The number of amides is 2. The third kappa shape index (κ3) is 5.33. The van der Waals surface area contributed by atoms with Crippen LogP contribution in [0.25, 0.3) is 10.9 Å². The lowest BCUT2D eigenvalue weighted by Gasteiger charge is -2.19. The number of H-pyrrole nitrogens is 1. The van der Waals surface area contributed by atoms with Gasteiger partial charge in [-0.3, -0.25) is 9.59 Å². The van der Waals surface area contributed by atoms with Gasteiger partial charge in [-0.05, 0) is 42.2 Å². The summed E-state index contributed by atoms with van der Waals surface area (Å²) < 4.78 is 0. The first-order chi connectivity index (χ1) is 15.0. The summed E-state index contributed by atoms with van der Waals surface area (Å²) in [6.07, 6.45) is 4.09. The molecule has 5 N–H and O–H groups in total. The number of benzene rings is 2. The number of carbonyl (C=O) groups excluding carboxylic acids is 2. The van der Waals surface area contributed by atoms with Crippen LogP contribution in [0, 0.1) is 11.8 Å². The molecule has 1 heterocycles. The van der Waals surface area contributed by atoms with Crippen molar-refractivity contribution in [3.63, 3.8) is 0 Å². The van der Waals surface area contributed by atoms with E-state index >= 15 is 0 Å². The first kappa shape index (κ1) is 22.1. The number of aromatic nitrogens is 1. The van der Waals surface area contributed by atoms with Crippen LogP contribution in [0.4, 0.5) is 0 Å². The molecule has 0 aliphatic rings. The molecule has 6 heteroatoms. The van der Waals surface area contributed by atoms with Crippen molar-refractivity contribution in [1.82, 2.24) is 10.3 Å². The summed E-state index contributed by atoms with van der Waals surface area (Å²) in [5.74, 6) is 5.31. The molecule has 3 rings (SSSR count). The molecule has 0 aliphatic heterocycles. The highest BCUT2D eigenvalue weighted by Crippen LogP contribution is 2.30. The molecule has 0 aliphatic carbocycles. The molecular formula is C25H27N3O3. The van der Waals surface area contributed by atoms with Crippen molar-refractivity contribution in [1.29, 1.82) is 0 Å². The van der Waals surface area contributed by atoms with Crippen LogP contribution in [0.3, 0.4) is 0 Å². The first-order valence-corrected chi connectivity index (χ1v) is 10.3. The van der Waals surface area contributed by atoms with Crippen molar-refractivity contribution in [2.24, 2.45) is 5.73 Å². The summed E-state index contributed by atoms with van der Waals surface area (Å²) in [7, 11) is 1.61. The van der Waals surface area contributed by atoms with E-state index in [-0.39, 0.29) is 18.4 Å². The van der Waals surface area contributed by atoms with Gasteiger partial charge in [-0.2, -0.15) is 0 Å². The highest BCUT2D eigenvalue weighted by atomic mass is 16.3. The molecule has 1 aromatic heterocycles. The number of unbranched alkanes of at least 4 members (excludes halogenated alkanes) is 1. The SMILES string of the molecule is CNC(=O)CCCC#Cc1cccc(C(N)=O)c1[C@H](CO)Cc1c[nH]c2ccccc12. The molecule has 2 amide bonds. The summed E-state index contributed by atoms with van der Waals surface area (Å²) in [6, 6.07) is 13.2. The molecular weight excluding hydrogens is 390 g/mol. The zero-order chi connectivity index (χ0) is 22.2. The van der Waals surface area contributed by atoms with Crippen molar-refractivity contribution >= 4 is 22.7 Å². The van der Waals surface area contributed by atoms with E-state index in [1.807, 2.05) is 36.5 Å². The Bertz CT molecular complexity index is 1140. The number of rotatable bonds is 8. The smallest absolute Gasteiger partial charge is 0.249 e. The van der Waals surface area contributed by atoms with E-state index in [0.717, 1.165) is 16.5 Å². The summed E-state index contributed by atoms with van der Waals surface area (Å²) in [5, 5.41) is 13.9. The predicted molar refractivity (Wildman–Crippen MR) is 122 cm³/mol. The highest BCUT2D eigenvalue weighted by molar-refractivity contribution is 5.95. The lowest BCUT2D eigenvalue weighted by Crippen LogP contribution is -2.19. The lowest BCUT2D eigenvalue weighted by atomic mass is 9.85. The maximum Gasteiger partial charge on any atom is 0.249 e. The molecule has 0 fully saturated rings. The van der Waals surface area contributed by atoms with Crippen molar-refractivity contribution in [2.45, 2.75) is 31.6 Å². The van der Waals surface area contributed by atoms with E-state index in [1.165, 1.54) is 0 Å². The average Bonchev–Trinajstić information content (AvgIpc) is 3.19. The quantitative estimate of drug-likeness (QED) is 0.334. The summed E-state index contributed by atoms with van der Waals surface area (Å²) in [4.78, 5) is 26.7. The normalized spacial score (nSPS) is 11.5. The van der Waals surface area contributed by atoms with Gasteiger partial charge in [0.05, 0.1) is 6.61 Å². The van der Waals surface area contributed by atoms with Crippen molar-refractivity contribution in [3.05, 3.63) is 70.9 Å². The highest BCUT2D eigenvalue weighted by Gasteiger charge is 2.22. The molecule has 0 saturated heterocycles. The van der Waals surface area contributed by atoms with Crippen molar-refractivity contribution in [3.8, 4) is 11.8 Å². The van der Waals surface area contributed by atoms with Gasteiger partial charge in [-0.1, -0.05) is 36.1 Å². The Kier molecular flexibility index (Phi) is 7.47. The number of aliphatic hydroxyl groups excluding tert-OH is 1. The average molecular weight is 418 g/mol. The fourth-order valence-corrected chi connectivity index (χ4v) is 3.77. The van der Waals surface area contributed by atoms with Crippen LogP contribution in [0.1, 0.15) is 52.2 Å². The number of para-hydroxylation sites is 1. The molecule has 0 spiro atoms. The topological polar surface area (TPSA) is 108 Å². The van der Waals surface area contributed by atoms with E-state index in [0.29, 0.717) is 42.4 Å². The van der Waals surface area contributed by atoms with Crippen LogP contribution in [-0.2, 0) is 11.2 Å². The number of hydrogen-bond acceptors (Lipinski definition) is 3. The molecule has 0 radical (unpaired) electrons. The van der Waals surface area contributed by atoms with Crippen molar-refractivity contribution in [2.75, 3.05) is 13.7 Å². The minimum absolute atomic E-state index is 0.0164. The Morgan fingerprint density at radius 1 is 1.19 bits per heavy atom. The van der Waals surface area contributed by atoms with Gasteiger partial charge in [0.1, 0.15) is 0 Å².